The molecule has 7 heteroatoms. The highest BCUT2D eigenvalue weighted by atomic mass is 32.2. The first-order chi connectivity index (χ1) is 9.39. The summed E-state index contributed by atoms with van der Waals surface area (Å²) in [5.41, 5.74) is 6.03. The third-order valence-electron chi connectivity index (χ3n) is 3.62. The minimum atomic E-state index is -3.64. The minimum Gasteiger partial charge on any atom is -0.495 e. The molecule has 1 aliphatic rings. The van der Waals surface area contributed by atoms with Gasteiger partial charge in [-0.3, -0.25) is 0 Å². The summed E-state index contributed by atoms with van der Waals surface area (Å²) in [6.45, 7) is 2.55. The molecule has 6 nitrogen and oxygen atoms in total. The number of nitrogen functional groups attached to an aromatic ring is 1. The Kier molecular flexibility index (Phi) is 4.10. The zero-order chi connectivity index (χ0) is 14.9. The van der Waals surface area contributed by atoms with Crippen LogP contribution in [0.25, 0.3) is 0 Å². The number of hydrogen-bond acceptors (Lipinski definition) is 5. The standard InChI is InChI=1S/C13H20N2O4S/c1-8-4-9(8)7-15-20(16,17)13-5-10(14)11(18-2)6-12(13)19-3/h5-6,8-9,15H,4,7,14H2,1-3H3. The third kappa shape index (κ3) is 2.99. The van der Waals surface area contributed by atoms with Crippen LogP contribution in [0.1, 0.15) is 13.3 Å². The molecule has 2 unspecified atom stereocenters. The molecule has 0 saturated heterocycles. The summed E-state index contributed by atoms with van der Waals surface area (Å²) in [7, 11) is -0.766. The van der Waals surface area contributed by atoms with E-state index in [2.05, 4.69) is 11.6 Å². The van der Waals surface area contributed by atoms with E-state index in [1.54, 1.807) is 0 Å². The minimum absolute atomic E-state index is 0.0339. The second kappa shape index (κ2) is 5.49. The number of hydrogen-bond donors (Lipinski definition) is 2. The van der Waals surface area contributed by atoms with Gasteiger partial charge in [0.05, 0.1) is 19.9 Å². The first-order valence-electron chi connectivity index (χ1n) is 6.40. The Morgan fingerprint density at radius 1 is 1.30 bits per heavy atom. The smallest absolute Gasteiger partial charge is 0.244 e. The summed E-state index contributed by atoms with van der Waals surface area (Å²) in [5, 5.41) is 0. The molecule has 0 spiro atoms. The first kappa shape index (κ1) is 14.9. The Morgan fingerprint density at radius 3 is 2.40 bits per heavy atom. The molecule has 0 bridgehead atoms. The van der Waals surface area contributed by atoms with Crippen LogP contribution in [-0.4, -0.2) is 29.2 Å². The lowest BCUT2D eigenvalue weighted by Gasteiger charge is -2.13. The van der Waals surface area contributed by atoms with Gasteiger partial charge in [-0.15, -0.1) is 0 Å². The van der Waals surface area contributed by atoms with Gasteiger partial charge in [-0.2, -0.15) is 0 Å². The molecular formula is C13H20N2O4S. The molecule has 0 aromatic heterocycles. The monoisotopic (exact) mass is 300 g/mol. The van der Waals surface area contributed by atoms with Crippen molar-refractivity contribution in [3.05, 3.63) is 12.1 Å². The van der Waals surface area contributed by atoms with Crippen LogP contribution < -0.4 is 19.9 Å². The Labute approximate surface area is 119 Å². The van der Waals surface area contributed by atoms with Crippen molar-refractivity contribution in [1.82, 2.24) is 4.72 Å². The number of anilines is 1. The quantitative estimate of drug-likeness (QED) is 0.771. The number of methoxy groups -OCH3 is 2. The van der Waals surface area contributed by atoms with E-state index in [-0.39, 0.29) is 16.3 Å². The molecule has 0 radical (unpaired) electrons. The summed E-state index contributed by atoms with van der Waals surface area (Å²) in [5.74, 6) is 1.61. The Hall–Kier alpha value is -1.47. The predicted octanol–water partition coefficient (Wildman–Crippen LogP) is 1.22. The Balaban J connectivity index is 2.27. The van der Waals surface area contributed by atoms with Crippen LogP contribution in [0.15, 0.2) is 17.0 Å². The van der Waals surface area contributed by atoms with Gasteiger partial charge in [-0.1, -0.05) is 6.92 Å². The number of benzene rings is 1. The lowest BCUT2D eigenvalue weighted by atomic mass is 10.3. The SMILES string of the molecule is COc1cc(OC)c(S(=O)(=O)NCC2CC2C)cc1N. The highest BCUT2D eigenvalue weighted by Crippen LogP contribution is 2.38. The number of ether oxygens (including phenoxy) is 2. The van der Waals surface area contributed by atoms with E-state index >= 15 is 0 Å². The van der Waals surface area contributed by atoms with Gasteiger partial charge in [0, 0.05) is 12.6 Å². The molecule has 1 fully saturated rings. The first-order valence-corrected chi connectivity index (χ1v) is 7.88. The van der Waals surface area contributed by atoms with E-state index in [0.717, 1.165) is 6.42 Å². The fraction of sp³-hybridized carbons (Fsp3) is 0.538. The van der Waals surface area contributed by atoms with Gasteiger partial charge in [-0.05, 0) is 24.3 Å². The number of rotatable bonds is 6. The maximum Gasteiger partial charge on any atom is 0.244 e. The van der Waals surface area contributed by atoms with Gasteiger partial charge in [0.15, 0.2) is 0 Å². The number of nitrogens with two attached hydrogens (primary N) is 1. The van der Waals surface area contributed by atoms with E-state index in [1.165, 1.54) is 26.4 Å². The summed E-state index contributed by atoms with van der Waals surface area (Å²) >= 11 is 0. The van der Waals surface area contributed by atoms with Crippen molar-refractivity contribution in [2.45, 2.75) is 18.2 Å². The van der Waals surface area contributed by atoms with Gasteiger partial charge in [-0.25, -0.2) is 13.1 Å². The van der Waals surface area contributed by atoms with Gasteiger partial charge in [0.25, 0.3) is 0 Å². The molecule has 1 aromatic carbocycles. The van der Waals surface area contributed by atoms with E-state index in [4.69, 9.17) is 15.2 Å². The molecule has 112 valence electrons. The van der Waals surface area contributed by atoms with Gasteiger partial charge in [0.2, 0.25) is 10.0 Å². The molecule has 1 aliphatic carbocycles. The predicted molar refractivity (Wildman–Crippen MR) is 76.4 cm³/mol. The third-order valence-corrected chi connectivity index (χ3v) is 5.06. The van der Waals surface area contributed by atoms with Crippen LogP contribution in [0.2, 0.25) is 0 Å². The molecule has 0 aliphatic heterocycles. The molecule has 1 aromatic rings. The van der Waals surface area contributed by atoms with Crippen molar-refractivity contribution >= 4 is 15.7 Å². The highest BCUT2D eigenvalue weighted by molar-refractivity contribution is 7.89. The van der Waals surface area contributed by atoms with Crippen LogP contribution in [0.3, 0.4) is 0 Å². The van der Waals surface area contributed by atoms with Crippen LogP contribution in [0.5, 0.6) is 11.5 Å². The molecule has 0 heterocycles. The van der Waals surface area contributed by atoms with E-state index in [1.807, 2.05) is 0 Å². The van der Waals surface area contributed by atoms with Gasteiger partial charge in [0.1, 0.15) is 16.4 Å². The van der Waals surface area contributed by atoms with Crippen LogP contribution in [0, 0.1) is 11.8 Å². The fourth-order valence-electron chi connectivity index (χ4n) is 2.08. The van der Waals surface area contributed by atoms with Crippen molar-refractivity contribution in [1.29, 1.82) is 0 Å². The molecule has 2 atom stereocenters. The van der Waals surface area contributed by atoms with E-state index in [9.17, 15) is 8.42 Å². The van der Waals surface area contributed by atoms with Gasteiger partial charge < -0.3 is 15.2 Å². The van der Waals surface area contributed by atoms with Crippen LogP contribution in [0.4, 0.5) is 5.69 Å². The van der Waals surface area contributed by atoms with Crippen molar-refractivity contribution < 1.29 is 17.9 Å². The fourth-order valence-corrected chi connectivity index (χ4v) is 3.36. The largest absolute Gasteiger partial charge is 0.495 e. The molecule has 2 rings (SSSR count). The zero-order valence-electron chi connectivity index (χ0n) is 11.8. The maximum absolute atomic E-state index is 12.3. The average Bonchev–Trinajstić information content (AvgIpc) is 3.12. The number of sulfonamides is 1. The van der Waals surface area contributed by atoms with Crippen molar-refractivity contribution in [2.75, 3.05) is 26.5 Å². The highest BCUT2D eigenvalue weighted by Gasteiger charge is 2.34. The summed E-state index contributed by atoms with van der Waals surface area (Å²) in [4.78, 5) is 0.0339. The summed E-state index contributed by atoms with van der Waals surface area (Å²) in [6, 6.07) is 2.83. The maximum atomic E-state index is 12.3. The van der Waals surface area contributed by atoms with E-state index < -0.39 is 10.0 Å². The molecule has 3 N–H and O–H groups in total. The zero-order valence-corrected chi connectivity index (χ0v) is 12.7. The second-order valence-electron chi connectivity index (χ2n) is 5.07. The van der Waals surface area contributed by atoms with Gasteiger partial charge >= 0.3 is 0 Å². The van der Waals surface area contributed by atoms with Crippen molar-refractivity contribution in [3.63, 3.8) is 0 Å². The van der Waals surface area contributed by atoms with Crippen molar-refractivity contribution in [2.24, 2.45) is 11.8 Å². The average molecular weight is 300 g/mol. The molecular weight excluding hydrogens is 280 g/mol. The topological polar surface area (TPSA) is 90.6 Å². The second-order valence-corrected chi connectivity index (χ2v) is 6.81. The lowest BCUT2D eigenvalue weighted by Crippen LogP contribution is -2.26. The Bertz CT molecular complexity index is 601. The lowest BCUT2D eigenvalue weighted by molar-refractivity contribution is 0.387. The summed E-state index contributed by atoms with van der Waals surface area (Å²) < 4.78 is 37.4. The number of nitrogens with one attached hydrogen (secondary N) is 1. The molecule has 20 heavy (non-hydrogen) atoms. The van der Waals surface area contributed by atoms with E-state index in [0.29, 0.717) is 24.1 Å². The molecule has 0 amide bonds. The normalized spacial score (nSPS) is 21.6. The molecule has 1 saturated carbocycles. The Morgan fingerprint density at radius 2 is 1.90 bits per heavy atom. The van der Waals surface area contributed by atoms with Crippen LogP contribution >= 0.6 is 0 Å². The summed E-state index contributed by atoms with van der Waals surface area (Å²) in [6.07, 6.45) is 1.06. The van der Waals surface area contributed by atoms with Crippen molar-refractivity contribution in [3.8, 4) is 11.5 Å². The van der Waals surface area contributed by atoms with Crippen LogP contribution in [-0.2, 0) is 10.0 Å².